The minimum absolute atomic E-state index is 0.414. The Bertz CT molecular complexity index is 991. The topological polar surface area (TPSA) is 66.4 Å². The first-order valence-corrected chi connectivity index (χ1v) is 7.69. The van der Waals surface area contributed by atoms with E-state index in [0.717, 1.165) is 16.3 Å². The molecule has 4 rings (SSSR count). The molecule has 2 N–H and O–H groups in total. The molecular formula is C20H15NO3. The Kier molecular flexibility index (Phi) is 2.97. The lowest BCUT2D eigenvalue weighted by Gasteiger charge is -2.24. The smallest absolute Gasteiger partial charge is 0.342 e. The molecule has 0 unspecified atom stereocenters. The fourth-order valence-electron chi connectivity index (χ4n) is 3.32. The maximum absolute atomic E-state index is 13.0. The highest BCUT2D eigenvalue weighted by molar-refractivity contribution is 6.27. The van der Waals surface area contributed by atoms with Gasteiger partial charge in [-0.15, -0.1) is 0 Å². The van der Waals surface area contributed by atoms with Gasteiger partial charge < -0.3 is 10.4 Å². The maximum atomic E-state index is 13.0. The Labute approximate surface area is 138 Å². The number of aryl methyl sites for hydroxylation is 1. The van der Waals surface area contributed by atoms with Crippen LogP contribution in [0.5, 0.6) is 0 Å². The van der Waals surface area contributed by atoms with Crippen LogP contribution in [-0.4, -0.2) is 16.9 Å². The number of carboxylic acid groups (broad SMARTS) is 1. The first-order valence-electron chi connectivity index (χ1n) is 7.69. The SMILES string of the molecule is Cc1ccc([C@@]2(C(=O)O)Nc3c(ccc4ccccc34)C2=O)cc1. The first kappa shape index (κ1) is 14.5. The molecule has 0 saturated carbocycles. The zero-order valence-electron chi connectivity index (χ0n) is 13.0. The van der Waals surface area contributed by atoms with Crippen molar-refractivity contribution in [2.45, 2.75) is 12.5 Å². The summed E-state index contributed by atoms with van der Waals surface area (Å²) < 4.78 is 0. The lowest BCUT2D eigenvalue weighted by molar-refractivity contribution is -0.140. The average Bonchev–Trinajstić information content (AvgIpc) is 2.90. The van der Waals surface area contributed by atoms with Gasteiger partial charge in [0, 0.05) is 10.9 Å². The van der Waals surface area contributed by atoms with Crippen LogP contribution in [0.25, 0.3) is 10.8 Å². The van der Waals surface area contributed by atoms with Gasteiger partial charge in [-0.2, -0.15) is 0 Å². The van der Waals surface area contributed by atoms with Gasteiger partial charge in [-0.1, -0.05) is 60.2 Å². The molecular weight excluding hydrogens is 302 g/mol. The van der Waals surface area contributed by atoms with Gasteiger partial charge in [-0.25, -0.2) is 4.79 Å². The van der Waals surface area contributed by atoms with Gasteiger partial charge in [0.25, 0.3) is 0 Å². The van der Waals surface area contributed by atoms with Crippen molar-refractivity contribution in [2.75, 3.05) is 5.32 Å². The second-order valence-corrected chi connectivity index (χ2v) is 6.08. The Morgan fingerprint density at radius 3 is 2.42 bits per heavy atom. The molecule has 0 fully saturated rings. The van der Waals surface area contributed by atoms with Gasteiger partial charge in [-0.3, -0.25) is 4.79 Å². The minimum atomic E-state index is -1.78. The molecule has 3 aromatic rings. The number of rotatable bonds is 2. The molecule has 0 aromatic heterocycles. The van der Waals surface area contributed by atoms with Gasteiger partial charge in [-0.05, 0) is 23.9 Å². The number of nitrogens with one attached hydrogen (secondary N) is 1. The molecule has 0 aliphatic carbocycles. The number of Topliss-reactive ketones (excluding diaryl/α,β-unsaturated/α-hetero) is 1. The van der Waals surface area contributed by atoms with Crippen LogP contribution in [0.3, 0.4) is 0 Å². The number of fused-ring (bicyclic) bond motifs is 3. The van der Waals surface area contributed by atoms with E-state index in [1.54, 1.807) is 18.2 Å². The highest BCUT2D eigenvalue weighted by Gasteiger charge is 2.53. The van der Waals surface area contributed by atoms with Crippen molar-refractivity contribution in [3.8, 4) is 0 Å². The van der Waals surface area contributed by atoms with Crippen molar-refractivity contribution < 1.29 is 14.7 Å². The average molecular weight is 317 g/mol. The molecule has 0 radical (unpaired) electrons. The second kappa shape index (κ2) is 4.93. The molecule has 3 aromatic carbocycles. The van der Waals surface area contributed by atoms with Crippen LogP contribution in [0, 0.1) is 6.92 Å². The van der Waals surface area contributed by atoms with E-state index in [0.29, 0.717) is 16.8 Å². The molecule has 1 aliphatic rings. The summed E-state index contributed by atoms with van der Waals surface area (Å²) >= 11 is 0. The van der Waals surface area contributed by atoms with Gasteiger partial charge in [0.15, 0.2) is 0 Å². The Morgan fingerprint density at radius 2 is 1.71 bits per heavy atom. The molecule has 0 bridgehead atoms. The largest absolute Gasteiger partial charge is 0.479 e. The maximum Gasteiger partial charge on any atom is 0.342 e. The van der Waals surface area contributed by atoms with E-state index >= 15 is 0 Å². The number of hydrogen-bond acceptors (Lipinski definition) is 3. The lowest BCUT2D eigenvalue weighted by Crippen LogP contribution is -2.46. The lowest BCUT2D eigenvalue weighted by atomic mass is 9.85. The molecule has 24 heavy (non-hydrogen) atoms. The highest BCUT2D eigenvalue weighted by atomic mass is 16.4. The fraction of sp³-hybridized carbons (Fsp3) is 0.100. The number of carboxylic acids is 1. The first-order chi connectivity index (χ1) is 11.5. The van der Waals surface area contributed by atoms with Gasteiger partial charge in [0.05, 0.1) is 5.69 Å². The molecule has 4 heteroatoms. The molecule has 0 saturated heterocycles. The summed E-state index contributed by atoms with van der Waals surface area (Å²) in [4.78, 5) is 25.2. The van der Waals surface area contributed by atoms with Crippen LogP contribution in [0.15, 0.2) is 60.7 Å². The molecule has 1 aliphatic heterocycles. The van der Waals surface area contributed by atoms with E-state index in [1.165, 1.54) is 0 Å². The Morgan fingerprint density at radius 1 is 1.00 bits per heavy atom. The van der Waals surface area contributed by atoms with Crippen molar-refractivity contribution in [2.24, 2.45) is 0 Å². The third kappa shape index (κ3) is 1.80. The molecule has 0 spiro atoms. The van der Waals surface area contributed by atoms with Crippen molar-refractivity contribution >= 4 is 28.2 Å². The van der Waals surface area contributed by atoms with Crippen LogP contribution >= 0.6 is 0 Å². The molecule has 4 nitrogen and oxygen atoms in total. The van der Waals surface area contributed by atoms with Gasteiger partial charge in [0.2, 0.25) is 11.3 Å². The monoisotopic (exact) mass is 317 g/mol. The summed E-state index contributed by atoms with van der Waals surface area (Å²) in [5.41, 5.74) is 0.663. The summed E-state index contributed by atoms with van der Waals surface area (Å²) in [6, 6.07) is 18.2. The van der Waals surface area contributed by atoms with Crippen LogP contribution in [-0.2, 0) is 10.3 Å². The van der Waals surface area contributed by atoms with Gasteiger partial charge >= 0.3 is 5.97 Å². The Hall–Kier alpha value is -3.14. The number of carbonyl (C=O) groups is 2. The predicted molar refractivity (Wildman–Crippen MR) is 92.4 cm³/mol. The summed E-state index contributed by atoms with van der Waals surface area (Å²) in [6.07, 6.45) is 0. The van der Waals surface area contributed by atoms with Crippen LogP contribution < -0.4 is 5.32 Å². The number of anilines is 1. The zero-order valence-corrected chi connectivity index (χ0v) is 13.0. The second-order valence-electron chi connectivity index (χ2n) is 6.08. The Balaban J connectivity index is 1.98. The quantitative estimate of drug-likeness (QED) is 0.707. The highest BCUT2D eigenvalue weighted by Crippen LogP contribution is 2.43. The van der Waals surface area contributed by atoms with E-state index in [-0.39, 0.29) is 0 Å². The zero-order chi connectivity index (χ0) is 16.9. The molecule has 118 valence electrons. The number of benzene rings is 3. The van der Waals surface area contributed by atoms with Crippen LogP contribution in [0.4, 0.5) is 5.69 Å². The van der Waals surface area contributed by atoms with E-state index in [4.69, 9.17) is 0 Å². The van der Waals surface area contributed by atoms with Crippen molar-refractivity contribution in [3.63, 3.8) is 0 Å². The number of hydrogen-bond donors (Lipinski definition) is 2. The summed E-state index contributed by atoms with van der Waals surface area (Å²) in [6.45, 7) is 1.92. The van der Waals surface area contributed by atoms with Crippen LogP contribution in [0.1, 0.15) is 21.5 Å². The number of aliphatic carboxylic acids is 1. The number of ketones is 1. The molecule has 0 amide bonds. The molecule has 1 atom stereocenters. The van der Waals surface area contributed by atoms with Crippen molar-refractivity contribution in [3.05, 3.63) is 77.4 Å². The third-order valence-corrected chi connectivity index (χ3v) is 4.63. The normalized spacial score (nSPS) is 19.1. The van der Waals surface area contributed by atoms with Crippen molar-refractivity contribution in [1.82, 2.24) is 0 Å². The van der Waals surface area contributed by atoms with E-state index in [9.17, 15) is 14.7 Å². The predicted octanol–water partition coefficient (Wildman–Crippen LogP) is 3.74. The third-order valence-electron chi connectivity index (χ3n) is 4.63. The van der Waals surface area contributed by atoms with E-state index < -0.39 is 17.3 Å². The van der Waals surface area contributed by atoms with Crippen molar-refractivity contribution in [1.29, 1.82) is 0 Å². The summed E-state index contributed by atoms with van der Waals surface area (Å²) in [5.74, 6) is -1.63. The fourth-order valence-corrected chi connectivity index (χ4v) is 3.32. The summed E-state index contributed by atoms with van der Waals surface area (Å²) in [7, 11) is 0. The van der Waals surface area contributed by atoms with E-state index in [1.807, 2.05) is 49.4 Å². The number of carbonyl (C=O) groups excluding carboxylic acids is 1. The molecule has 1 heterocycles. The minimum Gasteiger partial charge on any atom is -0.479 e. The van der Waals surface area contributed by atoms with Gasteiger partial charge in [0.1, 0.15) is 0 Å². The van der Waals surface area contributed by atoms with E-state index in [2.05, 4.69) is 5.32 Å². The summed E-state index contributed by atoms with van der Waals surface area (Å²) in [5, 5.41) is 14.8. The standard InChI is InChI=1S/C20H15NO3/c1-12-6-9-14(10-7-12)20(19(23)24)18(22)16-11-8-13-4-2-3-5-15(13)17(16)21-20/h2-11,21H,1H3,(H,23,24)/t20-/m1/s1. The van der Waals surface area contributed by atoms with Crippen LogP contribution in [0.2, 0.25) is 0 Å².